The Morgan fingerprint density at radius 1 is 1.02 bits per heavy atom. The molecule has 2 heterocycles. The average Bonchev–Trinajstić information content (AvgIpc) is 2.96. The van der Waals surface area contributed by atoms with E-state index in [0.29, 0.717) is 23.0 Å². The number of rotatable bonds is 12. The molecule has 0 bridgehead atoms. The molecule has 1 saturated heterocycles. The molecule has 1 aliphatic heterocycles. The Bertz CT molecular complexity index is 1250. The molecule has 1 fully saturated rings. The molecule has 0 spiro atoms. The normalized spacial score (nSPS) is 13.8. The molecular weight excluding hydrogens is 510 g/mol. The minimum absolute atomic E-state index is 0.0315. The van der Waals surface area contributed by atoms with Crippen molar-refractivity contribution in [2.45, 2.75) is 13.0 Å². The summed E-state index contributed by atoms with van der Waals surface area (Å²) < 4.78 is 10.7. The Morgan fingerprint density at radius 3 is 2.42 bits per heavy atom. The second-order valence-corrected chi connectivity index (χ2v) is 9.94. The van der Waals surface area contributed by atoms with Crippen LogP contribution >= 0.6 is 0 Å². The lowest BCUT2D eigenvalue weighted by Gasteiger charge is -2.36. The third kappa shape index (κ3) is 7.73. The van der Waals surface area contributed by atoms with Crippen LogP contribution in [0.1, 0.15) is 12.0 Å². The molecule has 11 nitrogen and oxygen atoms in total. The second-order valence-electron chi connectivity index (χ2n) is 9.94. The van der Waals surface area contributed by atoms with Gasteiger partial charge < -0.3 is 29.7 Å². The summed E-state index contributed by atoms with van der Waals surface area (Å²) in [4.78, 5) is 29.3. The Kier molecular flexibility index (Phi) is 9.98. The van der Waals surface area contributed by atoms with Crippen molar-refractivity contribution in [2.24, 2.45) is 0 Å². The third-order valence-corrected chi connectivity index (χ3v) is 6.90. The molecule has 0 radical (unpaired) electrons. The SMILES string of the molecule is COc1ccc(OC)c(CN(C(=O)O)c2ccnc(Nc3ccc(N4CCN(CCCN(C)C)CC4)cc3)n2)c1. The van der Waals surface area contributed by atoms with Gasteiger partial charge in [0.2, 0.25) is 5.95 Å². The number of aromatic nitrogens is 2. The highest BCUT2D eigenvalue weighted by Gasteiger charge is 2.20. The number of nitrogens with zero attached hydrogens (tertiary/aromatic N) is 6. The minimum atomic E-state index is -1.14. The highest BCUT2D eigenvalue weighted by atomic mass is 16.5. The van der Waals surface area contributed by atoms with Crippen LogP contribution < -0.4 is 24.6 Å². The Hall–Kier alpha value is -4.09. The molecule has 40 heavy (non-hydrogen) atoms. The highest BCUT2D eigenvalue weighted by Crippen LogP contribution is 2.28. The number of hydrogen-bond acceptors (Lipinski definition) is 9. The standard InChI is InChI=1S/C29H39N7O4/c1-33(2)14-5-15-34-16-18-35(19-17-34)24-8-6-23(7-9-24)31-28-30-13-12-27(32-28)36(29(37)38)21-22-20-25(39-3)10-11-26(22)40-4/h6-13,20H,5,14-19,21H2,1-4H3,(H,37,38)(H,30,31,32). The summed E-state index contributed by atoms with van der Waals surface area (Å²) >= 11 is 0. The van der Waals surface area contributed by atoms with E-state index in [-0.39, 0.29) is 12.4 Å². The van der Waals surface area contributed by atoms with Crippen LogP contribution in [0.4, 0.5) is 27.9 Å². The van der Waals surface area contributed by atoms with Crippen LogP contribution in [0.25, 0.3) is 0 Å². The van der Waals surface area contributed by atoms with Crippen LogP contribution in [-0.2, 0) is 6.54 Å². The second kappa shape index (κ2) is 13.8. The number of carbonyl (C=O) groups is 1. The molecule has 2 N–H and O–H groups in total. The molecule has 3 aromatic rings. The van der Waals surface area contributed by atoms with Crippen molar-refractivity contribution < 1.29 is 19.4 Å². The van der Waals surface area contributed by atoms with Crippen LogP contribution in [0.15, 0.2) is 54.7 Å². The minimum Gasteiger partial charge on any atom is -0.497 e. The highest BCUT2D eigenvalue weighted by molar-refractivity contribution is 5.85. The average molecular weight is 550 g/mol. The fourth-order valence-corrected chi connectivity index (χ4v) is 4.71. The summed E-state index contributed by atoms with van der Waals surface area (Å²) in [5, 5.41) is 13.2. The van der Waals surface area contributed by atoms with E-state index >= 15 is 0 Å². The van der Waals surface area contributed by atoms with E-state index in [1.807, 2.05) is 12.1 Å². The van der Waals surface area contributed by atoms with Crippen molar-refractivity contribution in [2.75, 3.05) is 82.7 Å². The van der Waals surface area contributed by atoms with E-state index in [0.717, 1.165) is 49.9 Å². The van der Waals surface area contributed by atoms with Gasteiger partial charge in [0.1, 0.15) is 17.3 Å². The summed E-state index contributed by atoms with van der Waals surface area (Å²) in [5.41, 5.74) is 2.65. The van der Waals surface area contributed by atoms with Crippen molar-refractivity contribution in [1.29, 1.82) is 0 Å². The molecule has 1 aromatic heterocycles. The van der Waals surface area contributed by atoms with Gasteiger partial charge in [-0.15, -0.1) is 0 Å². The first-order valence-electron chi connectivity index (χ1n) is 13.4. The van der Waals surface area contributed by atoms with Gasteiger partial charge in [-0.25, -0.2) is 9.78 Å². The smallest absolute Gasteiger partial charge is 0.413 e. The molecule has 11 heteroatoms. The monoisotopic (exact) mass is 549 g/mol. The Labute approximate surface area is 235 Å². The lowest BCUT2D eigenvalue weighted by atomic mass is 10.1. The van der Waals surface area contributed by atoms with Crippen molar-refractivity contribution in [3.8, 4) is 11.5 Å². The van der Waals surface area contributed by atoms with E-state index in [4.69, 9.17) is 9.47 Å². The van der Waals surface area contributed by atoms with E-state index in [1.54, 1.807) is 38.5 Å². The summed E-state index contributed by atoms with van der Waals surface area (Å²) in [6.07, 6.45) is 1.59. The van der Waals surface area contributed by atoms with Crippen molar-refractivity contribution in [3.05, 3.63) is 60.3 Å². The van der Waals surface area contributed by atoms with E-state index in [9.17, 15) is 9.90 Å². The molecule has 214 valence electrons. The van der Waals surface area contributed by atoms with Gasteiger partial charge in [-0.2, -0.15) is 4.98 Å². The maximum absolute atomic E-state index is 12.2. The zero-order chi connectivity index (χ0) is 28.5. The molecule has 0 saturated carbocycles. The number of hydrogen-bond donors (Lipinski definition) is 2. The first-order chi connectivity index (χ1) is 19.4. The lowest BCUT2D eigenvalue weighted by Crippen LogP contribution is -2.46. The van der Waals surface area contributed by atoms with Gasteiger partial charge in [0.25, 0.3) is 0 Å². The first-order valence-corrected chi connectivity index (χ1v) is 13.4. The molecular formula is C29H39N7O4. The molecule has 1 aliphatic rings. The zero-order valence-electron chi connectivity index (χ0n) is 23.7. The topological polar surface area (TPSA) is 107 Å². The number of benzene rings is 2. The van der Waals surface area contributed by atoms with Crippen molar-refractivity contribution in [1.82, 2.24) is 19.8 Å². The van der Waals surface area contributed by atoms with Gasteiger partial charge in [0.05, 0.1) is 20.8 Å². The number of nitrogens with one attached hydrogen (secondary N) is 1. The van der Waals surface area contributed by atoms with Gasteiger partial charge >= 0.3 is 6.09 Å². The summed E-state index contributed by atoms with van der Waals surface area (Å²) in [6.45, 7) is 6.42. The van der Waals surface area contributed by atoms with Crippen LogP contribution in [-0.4, -0.2) is 98.6 Å². The molecule has 0 atom stereocenters. The van der Waals surface area contributed by atoms with Gasteiger partial charge in [0.15, 0.2) is 0 Å². The van der Waals surface area contributed by atoms with Crippen molar-refractivity contribution >= 4 is 29.2 Å². The van der Waals surface area contributed by atoms with Gasteiger partial charge in [-0.3, -0.25) is 9.80 Å². The predicted octanol–water partition coefficient (Wildman–Crippen LogP) is 4.00. The van der Waals surface area contributed by atoms with Gasteiger partial charge in [0, 0.05) is 49.3 Å². The lowest BCUT2D eigenvalue weighted by molar-refractivity contribution is 0.201. The number of anilines is 4. The number of piperazine rings is 1. The number of carboxylic acid groups (broad SMARTS) is 1. The molecule has 1 amide bonds. The molecule has 2 aromatic carbocycles. The van der Waals surface area contributed by atoms with E-state index < -0.39 is 6.09 Å². The zero-order valence-corrected chi connectivity index (χ0v) is 23.7. The number of methoxy groups -OCH3 is 2. The van der Waals surface area contributed by atoms with E-state index in [1.165, 1.54) is 18.3 Å². The number of amides is 1. The maximum atomic E-state index is 12.2. The van der Waals surface area contributed by atoms with E-state index in [2.05, 4.69) is 56.2 Å². The Balaban J connectivity index is 1.38. The van der Waals surface area contributed by atoms with Crippen LogP contribution in [0.3, 0.4) is 0 Å². The maximum Gasteiger partial charge on any atom is 0.413 e. The van der Waals surface area contributed by atoms with Crippen molar-refractivity contribution in [3.63, 3.8) is 0 Å². The summed E-state index contributed by atoms with van der Waals surface area (Å²) in [6, 6.07) is 15.0. The van der Waals surface area contributed by atoms with Crippen LogP contribution in [0.5, 0.6) is 11.5 Å². The molecule has 0 aliphatic carbocycles. The fraction of sp³-hybridized carbons (Fsp3) is 0.414. The van der Waals surface area contributed by atoms with Crippen LogP contribution in [0.2, 0.25) is 0 Å². The largest absolute Gasteiger partial charge is 0.497 e. The quantitative estimate of drug-likeness (QED) is 0.344. The van der Waals surface area contributed by atoms with Gasteiger partial charge in [-0.05, 0) is 82.1 Å². The summed E-state index contributed by atoms with van der Waals surface area (Å²) in [5.74, 6) is 1.72. The summed E-state index contributed by atoms with van der Waals surface area (Å²) in [7, 11) is 7.34. The van der Waals surface area contributed by atoms with Crippen LogP contribution in [0, 0.1) is 0 Å². The molecule has 0 unspecified atom stereocenters. The third-order valence-electron chi connectivity index (χ3n) is 6.90. The van der Waals surface area contributed by atoms with Gasteiger partial charge in [-0.1, -0.05) is 0 Å². The fourth-order valence-electron chi connectivity index (χ4n) is 4.71. The predicted molar refractivity (Wildman–Crippen MR) is 157 cm³/mol. The molecule has 4 rings (SSSR count). The Morgan fingerprint density at radius 2 is 1.77 bits per heavy atom. The first kappa shape index (κ1) is 28.9. The number of ether oxygens (including phenoxy) is 2.